The van der Waals surface area contributed by atoms with Gasteiger partial charge in [-0.2, -0.15) is 4.37 Å². The van der Waals surface area contributed by atoms with E-state index in [1.165, 1.54) is 17.1 Å². The van der Waals surface area contributed by atoms with E-state index in [-0.39, 0.29) is 5.91 Å². The predicted molar refractivity (Wildman–Crippen MR) is 71.5 cm³/mol. The number of rotatable bonds is 3. The topological polar surface area (TPSA) is 45.2 Å². The van der Waals surface area contributed by atoms with Crippen molar-refractivity contribution in [2.75, 3.05) is 26.0 Å². The summed E-state index contributed by atoms with van der Waals surface area (Å²) >= 11 is 1.41. The Morgan fingerprint density at radius 1 is 1.47 bits per heavy atom. The van der Waals surface area contributed by atoms with E-state index in [1.54, 1.807) is 0 Å². The maximum atomic E-state index is 11.7. The molecule has 0 spiro atoms. The number of carbonyl (C=O) groups is 1. The van der Waals surface area contributed by atoms with Crippen molar-refractivity contribution >= 4 is 33.3 Å². The van der Waals surface area contributed by atoms with Gasteiger partial charge in [0.05, 0.1) is 11.2 Å². The Morgan fingerprint density at radius 2 is 2.24 bits per heavy atom. The fraction of sp³-hybridized carbons (Fsp3) is 0.333. The number of likely N-dealkylation sites (N-methyl/N-ethyl adjacent to an activating group) is 1. The monoisotopic (exact) mass is 249 g/mol. The third-order valence-corrected chi connectivity index (χ3v) is 3.17. The number of nitrogens with zero attached hydrogens (tertiary/aromatic N) is 2. The molecule has 1 N–H and O–H groups in total. The first-order chi connectivity index (χ1) is 8.06. The van der Waals surface area contributed by atoms with Gasteiger partial charge >= 0.3 is 0 Å². The molecule has 17 heavy (non-hydrogen) atoms. The average Bonchev–Trinajstić information content (AvgIpc) is 2.60. The van der Waals surface area contributed by atoms with Gasteiger partial charge in [0.25, 0.3) is 0 Å². The number of aryl methyl sites for hydroxylation is 1. The van der Waals surface area contributed by atoms with Crippen molar-refractivity contribution in [3.05, 3.63) is 23.8 Å². The number of fused-ring (bicyclic) bond motifs is 1. The van der Waals surface area contributed by atoms with Gasteiger partial charge in [0.15, 0.2) is 5.82 Å². The average molecular weight is 249 g/mol. The molecule has 4 nitrogen and oxygen atoms in total. The number of amides is 1. The molecular formula is C12H15N3OS. The number of hydrogen-bond acceptors (Lipinski definition) is 4. The summed E-state index contributed by atoms with van der Waals surface area (Å²) in [6.45, 7) is 2.40. The summed E-state index contributed by atoms with van der Waals surface area (Å²) < 4.78 is 5.37. The van der Waals surface area contributed by atoms with Crippen LogP contribution >= 0.6 is 11.5 Å². The van der Waals surface area contributed by atoms with Crippen LogP contribution in [0.5, 0.6) is 0 Å². The molecule has 0 fully saturated rings. The van der Waals surface area contributed by atoms with E-state index in [1.807, 2.05) is 44.1 Å². The number of anilines is 1. The Hall–Kier alpha value is -1.46. The summed E-state index contributed by atoms with van der Waals surface area (Å²) in [5, 5.41) is 3.86. The van der Waals surface area contributed by atoms with Gasteiger partial charge in [0, 0.05) is 5.39 Å². The van der Waals surface area contributed by atoms with Gasteiger partial charge in [-0.15, -0.1) is 0 Å². The SMILES string of the molecule is Cc1ccc2snc(NC(=O)CN(C)C)c2c1. The highest BCUT2D eigenvalue weighted by Crippen LogP contribution is 2.27. The zero-order valence-corrected chi connectivity index (χ0v) is 11.0. The summed E-state index contributed by atoms with van der Waals surface area (Å²) in [6.07, 6.45) is 0. The van der Waals surface area contributed by atoms with Crippen molar-refractivity contribution in [1.82, 2.24) is 9.27 Å². The van der Waals surface area contributed by atoms with Gasteiger partial charge in [-0.1, -0.05) is 11.6 Å². The number of carbonyl (C=O) groups excluding carboxylic acids is 1. The minimum atomic E-state index is -0.0382. The smallest absolute Gasteiger partial charge is 0.239 e. The molecule has 0 radical (unpaired) electrons. The highest BCUT2D eigenvalue weighted by atomic mass is 32.1. The van der Waals surface area contributed by atoms with Crippen molar-refractivity contribution < 1.29 is 4.79 Å². The van der Waals surface area contributed by atoms with Crippen LogP contribution in [0.4, 0.5) is 5.82 Å². The largest absolute Gasteiger partial charge is 0.308 e. The summed E-state index contributed by atoms with van der Waals surface area (Å²) in [6, 6.07) is 6.12. The van der Waals surface area contributed by atoms with Crippen LogP contribution in [-0.2, 0) is 4.79 Å². The Labute approximate surface area is 104 Å². The van der Waals surface area contributed by atoms with Crippen molar-refractivity contribution in [1.29, 1.82) is 0 Å². The van der Waals surface area contributed by atoms with E-state index >= 15 is 0 Å². The zero-order valence-electron chi connectivity index (χ0n) is 10.2. The minimum Gasteiger partial charge on any atom is -0.308 e. The van der Waals surface area contributed by atoms with Crippen molar-refractivity contribution in [3.8, 4) is 0 Å². The van der Waals surface area contributed by atoms with Crippen molar-refractivity contribution in [2.45, 2.75) is 6.92 Å². The number of benzene rings is 1. The Bertz CT molecular complexity index is 548. The van der Waals surface area contributed by atoms with E-state index in [9.17, 15) is 4.79 Å². The molecule has 1 heterocycles. The van der Waals surface area contributed by atoms with Crippen LogP contribution in [-0.4, -0.2) is 35.8 Å². The molecule has 90 valence electrons. The van der Waals surface area contributed by atoms with Gasteiger partial charge in [0.2, 0.25) is 5.91 Å². The van der Waals surface area contributed by atoms with Gasteiger partial charge in [-0.25, -0.2) is 0 Å². The fourth-order valence-corrected chi connectivity index (χ4v) is 2.32. The van der Waals surface area contributed by atoms with Crippen LogP contribution in [0.25, 0.3) is 10.1 Å². The highest BCUT2D eigenvalue weighted by Gasteiger charge is 2.10. The number of aromatic nitrogens is 1. The van der Waals surface area contributed by atoms with Crippen LogP contribution in [0.2, 0.25) is 0 Å². The molecule has 1 aromatic heterocycles. The molecule has 0 aliphatic carbocycles. The molecule has 2 rings (SSSR count). The molecular weight excluding hydrogens is 234 g/mol. The molecule has 0 unspecified atom stereocenters. The first-order valence-electron chi connectivity index (χ1n) is 5.37. The first-order valence-corrected chi connectivity index (χ1v) is 6.14. The lowest BCUT2D eigenvalue weighted by molar-refractivity contribution is -0.116. The molecule has 0 aliphatic heterocycles. The van der Waals surface area contributed by atoms with Gasteiger partial charge in [0.1, 0.15) is 0 Å². The quantitative estimate of drug-likeness (QED) is 0.906. The van der Waals surface area contributed by atoms with Crippen LogP contribution in [0.15, 0.2) is 18.2 Å². The van der Waals surface area contributed by atoms with Crippen LogP contribution in [0.1, 0.15) is 5.56 Å². The lowest BCUT2D eigenvalue weighted by Gasteiger charge is -2.08. The Kier molecular flexibility index (Phi) is 3.40. The highest BCUT2D eigenvalue weighted by molar-refractivity contribution is 7.13. The van der Waals surface area contributed by atoms with Crippen LogP contribution in [0.3, 0.4) is 0 Å². The van der Waals surface area contributed by atoms with E-state index < -0.39 is 0 Å². The normalized spacial score (nSPS) is 11.1. The van der Waals surface area contributed by atoms with Crippen molar-refractivity contribution in [3.63, 3.8) is 0 Å². The number of nitrogens with one attached hydrogen (secondary N) is 1. The maximum Gasteiger partial charge on any atom is 0.239 e. The molecule has 1 amide bonds. The zero-order chi connectivity index (χ0) is 12.4. The van der Waals surface area contributed by atoms with Gasteiger partial charge < -0.3 is 10.2 Å². The molecule has 0 atom stereocenters. The third kappa shape index (κ3) is 2.81. The summed E-state index contributed by atoms with van der Waals surface area (Å²) in [5.74, 6) is 0.629. The standard InChI is InChI=1S/C12H15N3OS/c1-8-4-5-10-9(6-8)12(14-17-10)13-11(16)7-15(2)3/h4-6H,7H2,1-3H3,(H,13,14,16). The molecule has 0 aliphatic rings. The second-order valence-electron chi connectivity index (χ2n) is 4.32. The second-order valence-corrected chi connectivity index (χ2v) is 5.12. The molecule has 2 aromatic rings. The minimum absolute atomic E-state index is 0.0382. The first kappa shape index (κ1) is 12.0. The lowest BCUT2D eigenvalue weighted by atomic mass is 10.2. The summed E-state index contributed by atoms with van der Waals surface area (Å²) in [4.78, 5) is 13.5. The van der Waals surface area contributed by atoms with E-state index in [2.05, 4.69) is 9.69 Å². The maximum absolute atomic E-state index is 11.7. The van der Waals surface area contributed by atoms with E-state index in [0.29, 0.717) is 12.4 Å². The van der Waals surface area contributed by atoms with Gasteiger partial charge in [-0.05, 0) is 44.7 Å². The molecule has 0 saturated heterocycles. The van der Waals surface area contributed by atoms with Crippen LogP contribution < -0.4 is 5.32 Å². The van der Waals surface area contributed by atoms with Crippen LogP contribution in [0, 0.1) is 6.92 Å². The predicted octanol–water partition coefficient (Wildman–Crippen LogP) is 2.10. The molecule has 1 aromatic carbocycles. The summed E-state index contributed by atoms with van der Waals surface area (Å²) in [5.41, 5.74) is 1.17. The molecule has 0 bridgehead atoms. The van der Waals surface area contributed by atoms with E-state index in [0.717, 1.165) is 10.1 Å². The summed E-state index contributed by atoms with van der Waals surface area (Å²) in [7, 11) is 3.73. The molecule has 0 saturated carbocycles. The lowest BCUT2D eigenvalue weighted by Crippen LogP contribution is -2.27. The van der Waals surface area contributed by atoms with E-state index in [4.69, 9.17) is 0 Å². The molecule has 5 heteroatoms. The van der Waals surface area contributed by atoms with Gasteiger partial charge in [-0.3, -0.25) is 4.79 Å². The van der Waals surface area contributed by atoms with Crippen molar-refractivity contribution in [2.24, 2.45) is 0 Å². The third-order valence-electron chi connectivity index (χ3n) is 2.34. The Balaban J connectivity index is 2.24. The fourth-order valence-electron chi connectivity index (χ4n) is 1.60. The Morgan fingerprint density at radius 3 is 2.94 bits per heavy atom. The second kappa shape index (κ2) is 4.81. The number of hydrogen-bond donors (Lipinski definition) is 1.